The summed E-state index contributed by atoms with van der Waals surface area (Å²) in [6.07, 6.45) is 3.47. The summed E-state index contributed by atoms with van der Waals surface area (Å²) in [6.45, 7) is 1.07. The molecule has 2 N–H and O–H groups in total. The molecule has 0 radical (unpaired) electrons. The van der Waals surface area contributed by atoms with Gasteiger partial charge in [0.05, 0.1) is 30.7 Å². The van der Waals surface area contributed by atoms with Gasteiger partial charge in [-0.1, -0.05) is 0 Å². The minimum Gasteiger partial charge on any atom is -0.467 e. The third kappa shape index (κ3) is 4.01. The van der Waals surface area contributed by atoms with Gasteiger partial charge < -0.3 is 15.1 Å². The Labute approximate surface area is 139 Å². The standard InChI is InChI=1S/C17H18FN5O/c1-19-17(21-12-16-3-2-10-24-16)20-11-14-8-9-23(22-14)15-6-4-13(18)5-7-15/h2-10H,11-12H2,1H3,(H2,19,20,21). The predicted octanol–water partition coefficient (Wildman–Crippen LogP) is 2.47. The van der Waals surface area contributed by atoms with E-state index in [1.54, 1.807) is 30.1 Å². The van der Waals surface area contributed by atoms with Crippen LogP contribution in [0.25, 0.3) is 5.69 Å². The smallest absolute Gasteiger partial charge is 0.191 e. The van der Waals surface area contributed by atoms with Crippen molar-refractivity contribution >= 4 is 5.96 Å². The van der Waals surface area contributed by atoms with E-state index in [2.05, 4.69) is 20.7 Å². The SMILES string of the molecule is CN=C(NCc1ccn(-c2ccc(F)cc2)n1)NCc1ccco1. The molecule has 2 aromatic heterocycles. The summed E-state index contributed by atoms with van der Waals surface area (Å²) in [5.74, 6) is 1.22. The normalized spacial score (nSPS) is 11.5. The number of rotatable bonds is 5. The van der Waals surface area contributed by atoms with E-state index >= 15 is 0 Å². The van der Waals surface area contributed by atoms with Gasteiger partial charge in [-0.3, -0.25) is 4.99 Å². The maximum absolute atomic E-state index is 13.0. The molecule has 3 rings (SSSR count). The van der Waals surface area contributed by atoms with Crippen molar-refractivity contribution in [3.8, 4) is 5.69 Å². The lowest BCUT2D eigenvalue weighted by atomic mass is 10.3. The number of nitrogens with one attached hydrogen (secondary N) is 2. The van der Waals surface area contributed by atoms with Crippen LogP contribution in [0.15, 0.2) is 64.3 Å². The largest absolute Gasteiger partial charge is 0.467 e. The molecule has 24 heavy (non-hydrogen) atoms. The second kappa shape index (κ2) is 7.45. The van der Waals surface area contributed by atoms with E-state index in [1.807, 2.05) is 24.4 Å². The number of aliphatic imine (C=N–C) groups is 1. The van der Waals surface area contributed by atoms with E-state index in [-0.39, 0.29) is 5.82 Å². The Morgan fingerprint density at radius 1 is 1.17 bits per heavy atom. The van der Waals surface area contributed by atoms with Crippen LogP contribution in [-0.4, -0.2) is 22.8 Å². The first-order chi connectivity index (χ1) is 11.7. The molecule has 6 nitrogen and oxygen atoms in total. The van der Waals surface area contributed by atoms with Crippen molar-refractivity contribution in [1.29, 1.82) is 0 Å². The second-order valence-electron chi connectivity index (χ2n) is 5.09. The number of aromatic nitrogens is 2. The molecule has 0 aliphatic carbocycles. The van der Waals surface area contributed by atoms with E-state index in [1.165, 1.54) is 12.1 Å². The lowest BCUT2D eigenvalue weighted by Gasteiger charge is -2.09. The first kappa shape index (κ1) is 15.8. The molecule has 0 unspecified atom stereocenters. The first-order valence-electron chi connectivity index (χ1n) is 7.52. The van der Waals surface area contributed by atoms with Crippen LogP contribution in [0.5, 0.6) is 0 Å². The number of benzene rings is 1. The molecule has 7 heteroatoms. The highest BCUT2D eigenvalue weighted by molar-refractivity contribution is 5.79. The average Bonchev–Trinajstić information content (AvgIpc) is 3.27. The van der Waals surface area contributed by atoms with Gasteiger partial charge in [-0.2, -0.15) is 5.10 Å². The lowest BCUT2D eigenvalue weighted by molar-refractivity contribution is 0.501. The molecule has 0 saturated carbocycles. The number of furan rings is 1. The van der Waals surface area contributed by atoms with Gasteiger partial charge in [0.1, 0.15) is 11.6 Å². The minimum atomic E-state index is -0.265. The zero-order valence-electron chi connectivity index (χ0n) is 13.2. The Morgan fingerprint density at radius 2 is 1.96 bits per heavy atom. The Hall–Kier alpha value is -3.09. The fraction of sp³-hybridized carbons (Fsp3) is 0.176. The van der Waals surface area contributed by atoms with Gasteiger partial charge in [-0.05, 0) is 42.5 Å². The maximum atomic E-state index is 13.0. The number of halogens is 1. The molecule has 0 atom stereocenters. The van der Waals surface area contributed by atoms with Crippen LogP contribution in [0.1, 0.15) is 11.5 Å². The van der Waals surface area contributed by atoms with Crippen molar-refractivity contribution in [1.82, 2.24) is 20.4 Å². The van der Waals surface area contributed by atoms with Gasteiger partial charge in [0.2, 0.25) is 0 Å². The highest BCUT2D eigenvalue weighted by atomic mass is 19.1. The van der Waals surface area contributed by atoms with Gasteiger partial charge in [-0.15, -0.1) is 0 Å². The van der Waals surface area contributed by atoms with Gasteiger partial charge >= 0.3 is 0 Å². The van der Waals surface area contributed by atoms with Crippen molar-refractivity contribution in [3.63, 3.8) is 0 Å². The van der Waals surface area contributed by atoms with Gasteiger partial charge in [0, 0.05) is 13.2 Å². The summed E-state index contributed by atoms with van der Waals surface area (Å²) in [5, 5.41) is 10.8. The van der Waals surface area contributed by atoms with Crippen LogP contribution < -0.4 is 10.6 Å². The van der Waals surface area contributed by atoms with Crippen molar-refractivity contribution in [2.45, 2.75) is 13.1 Å². The number of guanidine groups is 1. The molecule has 0 bridgehead atoms. The lowest BCUT2D eigenvalue weighted by Crippen LogP contribution is -2.36. The van der Waals surface area contributed by atoms with E-state index in [4.69, 9.17) is 4.42 Å². The summed E-state index contributed by atoms with van der Waals surface area (Å²) in [6, 6.07) is 11.8. The highest BCUT2D eigenvalue weighted by Crippen LogP contribution is 2.08. The summed E-state index contributed by atoms with van der Waals surface area (Å²) in [4.78, 5) is 4.15. The molecule has 0 fully saturated rings. The van der Waals surface area contributed by atoms with Crippen LogP contribution in [0.3, 0.4) is 0 Å². The first-order valence-corrected chi connectivity index (χ1v) is 7.52. The van der Waals surface area contributed by atoms with Crippen molar-refractivity contribution < 1.29 is 8.81 Å². The molecule has 0 aliphatic heterocycles. The third-order valence-corrected chi connectivity index (χ3v) is 3.41. The number of nitrogens with zero attached hydrogens (tertiary/aromatic N) is 3. The Morgan fingerprint density at radius 3 is 2.67 bits per heavy atom. The van der Waals surface area contributed by atoms with E-state index in [0.717, 1.165) is 17.1 Å². The third-order valence-electron chi connectivity index (χ3n) is 3.41. The quantitative estimate of drug-likeness (QED) is 0.558. The maximum Gasteiger partial charge on any atom is 0.191 e. The minimum absolute atomic E-state index is 0.265. The van der Waals surface area contributed by atoms with Crippen molar-refractivity contribution in [3.05, 3.63) is 72.2 Å². The van der Waals surface area contributed by atoms with Crippen LogP contribution in [-0.2, 0) is 13.1 Å². The summed E-state index contributed by atoms with van der Waals surface area (Å²) in [5.41, 5.74) is 1.66. The van der Waals surface area contributed by atoms with Gasteiger partial charge in [0.15, 0.2) is 5.96 Å². The topological polar surface area (TPSA) is 67.4 Å². The van der Waals surface area contributed by atoms with Crippen LogP contribution in [0, 0.1) is 5.82 Å². The van der Waals surface area contributed by atoms with Crippen molar-refractivity contribution in [2.24, 2.45) is 4.99 Å². The Balaban J connectivity index is 1.55. The highest BCUT2D eigenvalue weighted by Gasteiger charge is 2.04. The zero-order valence-corrected chi connectivity index (χ0v) is 13.2. The molecule has 124 valence electrons. The Bertz CT molecular complexity index is 793. The summed E-state index contributed by atoms with van der Waals surface area (Å²) in [7, 11) is 1.70. The molecule has 1 aromatic carbocycles. The van der Waals surface area contributed by atoms with Crippen LogP contribution in [0.2, 0.25) is 0 Å². The second-order valence-corrected chi connectivity index (χ2v) is 5.09. The fourth-order valence-electron chi connectivity index (χ4n) is 2.17. The van der Waals surface area contributed by atoms with Crippen molar-refractivity contribution in [2.75, 3.05) is 7.05 Å². The number of hydrogen-bond donors (Lipinski definition) is 2. The van der Waals surface area contributed by atoms with Crippen LogP contribution in [0.4, 0.5) is 4.39 Å². The molecular weight excluding hydrogens is 309 g/mol. The predicted molar refractivity (Wildman–Crippen MR) is 89.3 cm³/mol. The fourth-order valence-corrected chi connectivity index (χ4v) is 2.17. The number of hydrogen-bond acceptors (Lipinski definition) is 3. The van der Waals surface area contributed by atoms with E-state index in [9.17, 15) is 4.39 Å². The van der Waals surface area contributed by atoms with E-state index in [0.29, 0.717) is 19.0 Å². The Kier molecular flexibility index (Phi) is 4.90. The molecule has 0 amide bonds. The summed E-state index contributed by atoms with van der Waals surface area (Å²) >= 11 is 0. The monoisotopic (exact) mass is 327 g/mol. The van der Waals surface area contributed by atoms with Crippen LogP contribution >= 0.6 is 0 Å². The molecule has 0 spiro atoms. The molecule has 2 heterocycles. The summed E-state index contributed by atoms with van der Waals surface area (Å²) < 4.78 is 19.9. The molecule has 3 aromatic rings. The molecule has 0 aliphatic rings. The molecular formula is C17H18FN5O. The van der Waals surface area contributed by atoms with Gasteiger partial charge in [0.25, 0.3) is 0 Å². The van der Waals surface area contributed by atoms with Gasteiger partial charge in [-0.25, -0.2) is 9.07 Å². The zero-order chi connectivity index (χ0) is 16.8. The average molecular weight is 327 g/mol. The van der Waals surface area contributed by atoms with E-state index < -0.39 is 0 Å². The molecule has 0 saturated heterocycles.